The van der Waals surface area contributed by atoms with Crippen LogP contribution in [0.15, 0.2) is 18.2 Å². The number of aromatic amines is 1. The molecule has 0 bridgehead atoms. The van der Waals surface area contributed by atoms with Crippen molar-refractivity contribution in [2.45, 2.75) is 18.9 Å². The van der Waals surface area contributed by atoms with Gasteiger partial charge >= 0.3 is 0 Å². The van der Waals surface area contributed by atoms with Crippen molar-refractivity contribution in [2.75, 3.05) is 23.7 Å². The molecule has 5 nitrogen and oxygen atoms in total. The molecule has 0 spiro atoms. The van der Waals surface area contributed by atoms with Gasteiger partial charge in [0.2, 0.25) is 5.95 Å². The SMILES string of the molecule is Nc1ccc2nc(N3CCC(O)CC3)[nH]c2c1. The lowest BCUT2D eigenvalue weighted by Gasteiger charge is -2.29. The molecule has 17 heavy (non-hydrogen) atoms. The molecule has 4 N–H and O–H groups in total. The van der Waals surface area contributed by atoms with E-state index >= 15 is 0 Å². The second kappa shape index (κ2) is 3.92. The first-order valence-electron chi connectivity index (χ1n) is 5.90. The second-order valence-corrected chi connectivity index (χ2v) is 4.56. The molecule has 0 saturated carbocycles. The van der Waals surface area contributed by atoms with Crippen molar-refractivity contribution in [1.29, 1.82) is 0 Å². The van der Waals surface area contributed by atoms with E-state index in [9.17, 15) is 5.11 Å². The molecule has 1 aliphatic rings. The molecule has 0 amide bonds. The summed E-state index contributed by atoms with van der Waals surface area (Å²) in [5.74, 6) is 0.873. The Balaban J connectivity index is 1.90. The monoisotopic (exact) mass is 232 g/mol. The topological polar surface area (TPSA) is 78.2 Å². The number of anilines is 2. The quantitative estimate of drug-likeness (QED) is 0.643. The molecule has 0 aliphatic carbocycles. The third-order valence-electron chi connectivity index (χ3n) is 3.26. The second-order valence-electron chi connectivity index (χ2n) is 4.56. The van der Waals surface area contributed by atoms with Crippen molar-refractivity contribution >= 4 is 22.7 Å². The number of fused-ring (bicyclic) bond motifs is 1. The number of nitrogen functional groups attached to an aromatic ring is 1. The molecule has 1 fully saturated rings. The first-order valence-corrected chi connectivity index (χ1v) is 5.90. The summed E-state index contributed by atoms with van der Waals surface area (Å²) in [7, 11) is 0. The number of nitrogens with two attached hydrogens (primary N) is 1. The van der Waals surface area contributed by atoms with E-state index in [0.717, 1.165) is 48.6 Å². The average Bonchev–Trinajstić information content (AvgIpc) is 2.72. The number of rotatable bonds is 1. The number of nitrogens with one attached hydrogen (secondary N) is 1. The summed E-state index contributed by atoms with van der Waals surface area (Å²) in [6.07, 6.45) is 1.45. The van der Waals surface area contributed by atoms with Crippen molar-refractivity contribution in [3.63, 3.8) is 0 Å². The minimum Gasteiger partial charge on any atom is -0.399 e. The van der Waals surface area contributed by atoms with E-state index in [4.69, 9.17) is 5.73 Å². The zero-order chi connectivity index (χ0) is 11.8. The highest BCUT2D eigenvalue weighted by Crippen LogP contribution is 2.22. The summed E-state index contributed by atoms with van der Waals surface area (Å²) in [6.45, 7) is 1.69. The van der Waals surface area contributed by atoms with Crippen LogP contribution in [0.5, 0.6) is 0 Å². The maximum atomic E-state index is 9.48. The zero-order valence-electron chi connectivity index (χ0n) is 9.56. The van der Waals surface area contributed by atoms with E-state index in [-0.39, 0.29) is 6.10 Å². The lowest BCUT2D eigenvalue weighted by atomic mass is 10.1. The Kier molecular flexibility index (Phi) is 2.40. The molecule has 0 atom stereocenters. The molecule has 2 aromatic rings. The Bertz CT molecular complexity index is 528. The minimum atomic E-state index is -0.161. The first kappa shape index (κ1) is 10.4. The van der Waals surface area contributed by atoms with Gasteiger partial charge in [0.25, 0.3) is 0 Å². The Labute approximate surface area is 99.3 Å². The van der Waals surface area contributed by atoms with Gasteiger partial charge in [0.05, 0.1) is 17.1 Å². The molecular weight excluding hydrogens is 216 g/mol. The maximum absolute atomic E-state index is 9.48. The predicted molar refractivity (Wildman–Crippen MR) is 68.0 cm³/mol. The fourth-order valence-corrected chi connectivity index (χ4v) is 2.24. The normalized spacial score (nSPS) is 17.8. The summed E-state index contributed by atoms with van der Waals surface area (Å²) >= 11 is 0. The van der Waals surface area contributed by atoms with Gasteiger partial charge in [-0.2, -0.15) is 0 Å². The third-order valence-corrected chi connectivity index (χ3v) is 3.26. The number of hydrogen-bond acceptors (Lipinski definition) is 4. The fourth-order valence-electron chi connectivity index (χ4n) is 2.24. The van der Waals surface area contributed by atoms with E-state index in [2.05, 4.69) is 14.9 Å². The van der Waals surface area contributed by atoms with Gasteiger partial charge in [-0.3, -0.25) is 0 Å². The largest absolute Gasteiger partial charge is 0.399 e. The van der Waals surface area contributed by atoms with Crippen molar-refractivity contribution in [2.24, 2.45) is 0 Å². The van der Waals surface area contributed by atoms with Gasteiger partial charge in [-0.15, -0.1) is 0 Å². The van der Waals surface area contributed by atoms with Gasteiger partial charge in [0, 0.05) is 18.8 Å². The van der Waals surface area contributed by atoms with Gasteiger partial charge in [0.15, 0.2) is 0 Å². The standard InChI is InChI=1S/C12H16N4O/c13-8-1-2-10-11(7-8)15-12(14-10)16-5-3-9(17)4-6-16/h1-2,7,9,17H,3-6,13H2,(H,14,15). The number of aromatic nitrogens is 2. The number of aliphatic hydroxyl groups is 1. The Morgan fingerprint density at radius 1 is 1.35 bits per heavy atom. The van der Waals surface area contributed by atoms with Crippen molar-refractivity contribution < 1.29 is 5.11 Å². The van der Waals surface area contributed by atoms with Crippen molar-refractivity contribution in [1.82, 2.24) is 9.97 Å². The van der Waals surface area contributed by atoms with E-state index < -0.39 is 0 Å². The van der Waals surface area contributed by atoms with E-state index in [1.165, 1.54) is 0 Å². The number of piperidine rings is 1. The number of hydrogen-bond donors (Lipinski definition) is 3. The molecule has 1 aliphatic heterocycles. The van der Waals surface area contributed by atoms with Crippen LogP contribution in [0.4, 0.5) is 11.6 Å². The summed E-state index contributed by atoms with van der Waals surface area (Å²) < 4.78 is 0. The summed E-state index contributed by atoms with van der Waals surface area (Å²) in [5.41, 5.74) is 8.37. The first-order chi connectivity index (χ1) is 8.22. The Hall–Kier alpha value is -1.75. The van der Waals surface area contributed by atoms with Crippen LogP contribution < -0.4 is 10.6 Å². The van der Waals surface area contributed by atoms with Crippen LogP contribution >= 0.6 is 0 Å². The van der Waals surface area contributed by atoms with Crippen LogP contribution in [-0.2, 0) is 0 Å². The van der Waals surface area contributed by atoms with Gasteiger partial charge in [0.1, 0.15) is 0 Å². The molecule has 5 heteroatoms. The lowest BCUT2D eigenvalue weighted by Crippen LogP contribution is -2.36. The molecule has 0 unspecified atom stereocenters. The summed E-state index contributed by atoms with van der Waals surface area (Å²) in [6, 6.07) is 5.67. The molecule has 3 rings (SSSR count). The summed E-state index contributed by atoms with van der Waals surface area (Å²) in [5, 5.41) is 9.48. The van der Waals surface area contributed by atoms with Crippen molar-refractivity contribution in [3.05, 3.63) is 18.2 Å². The van der Waals surface area contributed by atoms with Crippen molar-refractivity contribution in [3.8, 4) is 0 Å². The molecule has 90 valence electrons. The molecule has 2 heterocycles. The molecule has 1 aromatic carbocycles. The minimum absolute atomic E-state index is 0.161. The highest BCUT2D eigenvalue weighted by molar-refractivity contribution is 5.80. The molecular formula is C12H16N4O. The van der Waals surface area contributed by atoms with Crippen LogP contribution in [0.1, 0.15) is 12.8 Å². The Morgan fingerprint density at radius 2 is 2.12 bits per heavy atom. The molecule has 1 aromatic heterocycles. The van der Waals surface area contributed by atoms with Crippen LogP contribution in [0, 0.1) is 0 Å². The lowest BCUT2D eigenvalue weighted by molar-refractivity contribution is 0.145. The molecule has 1 saturated heterocycles. The van der Waals surface area contributed by atoms with E-state index in [1.807, 2.05) is 18.2 Å². The van der Waals surface area contributed by atoms with Gasteiger partial charge < -0.3 is 20.7 Å². The number of H-pyrrole nitrogens is 1. The highest BCUT2D eigenvalue weighted by atomic mass is 16.3. The van der Waals surface area contributed by atoms with Crippen LogP contribution in [0.25, 0.3) is 11.0 Å². The van der Waals surface area contributed by atoms with Gasteiger partial charge in [-0.05, 0) is 31.0 Å². The molecule has 0 radical (unpaired) electrons. The van der Waals surface area contributed by atoms with E-state index in [0.29, 0.717) is 0 Å². The van der Waals surface area contributed by atoms with Crippen LogP contribution in [0.3, 0.4) is 0 Å². The van der Waals surface area contributed by atoms with Gasteiger partial charge in [-0.1, -0.05) is 0 Å². The Morgan fingerprint density at radius 3 is 2.88 bits per heavy atom. The maximum Gasteiger partial charge on any atom is 0.203 e. The predicted octanol–water partition coefficient (Wildman–Crippen LogP) is 1.11. The zero-order valence-corrected chi connectivity index (χ0v) is 9.56. The smallest absolute Gasteiger partial charge is 0.203 e. The highest BCUT2D eigenvalue weighted by Gasteiger charge is 2.19. The number of imidazole rings is 1. The summed E-state index contributed by atoms with van der Waals surface area (Å²) in [4.78, 5) is 9.98. The fraction of sp³-hybridized carbons (Fsp3) is 0.417. The number of aliphatic hydroxyl groups excluding tert-OH is 1. The van der Waals surface area contributed by atoms with Crippen LogP contribution in [0.2, 0.25) is 0 Å². The third kappa shape index (κ3) is 1.93. The average molecular weight is 232 g/mol. The van der Waals surface area contributed by atoms with E-state index in [1.54, 1.807) is 0 Å². The number of nitrogens with zero attached hydrogens (tertiary/aromatic N) is 2. The van der Waals surface area contributed by atoms with Crippen LogP contribution in [-0.4, -0.2) is 34.3 Å². The number of benzene rings is 1. The van der Waals surface area contributed by atoms with Gasteiger partial charge in [-0.25, -0.2) is 4.98 Å².